The second kappa shape index (κ2) is 5.99. The van der Waals surface area contributed by atoms with E-state index in [1.165, 1.54) is 5.56 Å². The highest BCUT2D eigenvalue weighted by molar-refractivity contribution is 9.10. The Kier molecular flexibility index (Phi) is 3.91. The number of nitrogens with zero attached hydrogens (tertiary/aromatic N) is 1. The van der Waals surface area contributed by atoms with Gasteiger partial charge in [0.25, 0.3) is 5.69 Å². The molecule has 1 heterocycles. The Morgan fingerprint density at radius 3 is 2.64 bits per heavy atom. The number of halogens is 1. The quantitative estimate of drug-likeness (QED) is 0.395. The van der Waals surface area contributed by atoms with E-state index in [1.807, 2.05) is 19.1 Å². The Hall–Kier alpha value is -2.14. The van der Waals surface area contributed by atoms with Gasteiger partial charge < -0.3 is 5.32 Å². The molecular formula is C20H19BrN2O2. The van der Waals surface area contributed by atoms with Crippen LogP contribution >= 0.6 is 15.9 Å². The molecule has 0 spiro atoms. The van der Waals surface area contributed by atoms with Gasteiger partial charge in [0.05, 0.1) is 11.0 Å². The van der Waals surface area contributed by atoms with Gasteiger partial charge in [0.2, 0.25) is 0 Å². The zero-order valence-corrected chi connectivity index (χ0v) is 15.7. The Labute approximate surface area is 155 Å². The standard InChI is InChI=1S/C20H19BrN2O2/c1-11-10-17(23(24)25)20-18(12(11)2)15-4-3-5-16(15)19(22-20)13-6-8-14(21)9-7-13/h3-4,6-10,15-16,19,22H,5H2,1-2H3/t15-,16-,19-/m1/s1. The van der Waals surface area contributed by atoms with Crippen molar-refractivity contribution in [1.82, 2.24) is 0 Å². The number of anilines is 1. The number of aryl methyl sites for hydroxylation is 1. The van der Waals surface area contributed by atoms with Gasteiger partial charge in [0.1, 0.15) is 5.69 Å². The average molecular weight is 399 g/mol. The maximum absolute atomic E-state index is 11.7. The third kappa shape index (κ3) is 2.58. The molecule has 0 fully saturated rings. The van der Waals surface area contributed by atoms with Crippen LogP contribution in [0.15, 0.2) is 47.0 Å². The predicted molar refractivity (Wildman–Crippen MR) is 103 cm³/mol. The molecule has 0 saturated heterocycles. The Morgan fingerprint density at radius 1 is 1.24 bits per heavy atom. The van der Waals surface area contributed by atoms with Crippen molar-refractivity contribution in [2.24, 2.45) is 5.92 Å². The molecule has 4 nitrogen and oxygen atoms in total. The fraction of sp³-hybridized carbons (Fsp3) is 0.300. The van der Waals surface area contributed by atoms with E-state index in [0.717, 1.165) is 27.6 Å². The van der Waals surface area contributed by atoms with Crippen LogP contribution in [0.1, 0.15) is 40.6 Å². The van der Waals surface area contributed by atoms with Crippen LogP contribution < -0.4 is 5.32 Å². The number of hydrogen-bond acceptors (Lipinski definition) is 3. The number of rotatable bonds is 2. The number of nitrogens with one attached hydrogen (secondary N) is 1. The molecule has 3 atom stereocenters. The summed E-state index contributed by atoms with van der Waals surface area (Å²) in [6.07, 6.45) is 5.43. The summed E-state index contributed by atoms with van der Waals surface area (Å²) in [4.78, 5) is 11.4. The van der Waals surface area contributed by atoms with Gasteiger partial charge in [-0.3, -0.25) is 10.1 Å². The molecule has 0 unspecified atom stereocenters. The van der Waals surface area contributed by atoms with Crippen LogP contribution in [0.2, 0.25) is 0 Å². The van der Waals surface area contributed by atoms with Crippen molar-refractivity contribution in [3.05, 3.63) is 79.3 Å². The number of nitro benzene ring substituents is 1. The predicted octanol–water partition coefficient (Wildman–Crippen LogP) is 5.80. The van der Waals surface area contributed by atoms with E-state index in [4.69, 9.17) is 0 Å². The smallest absolute Gasteiger partial charge is 0.292 e. The molecule has 0 amide bonds. The molecule has 0 saturated carbocycles. The van der Waals surface area contributed by atoms with Crippen molar-refractivity contribution in [3.8, 4) is 0 Å². The minimum atomic E-state index is -0.268. The lowest BCUT2D eigenvalue weighted by Crippen LogP contribution is -2.30. The molecule has 1 aliphatic carbocycles. The molecular weight excluding hydrogens is 380 g/mol. The van der Waals surface area contributed by atoms with Gasteiger partial charge in [-0.05, 0) is 60.6 Å². The zero-order valence-electron chi connectivity index (χ0n) is 14.1. The minimum absolute atomic E-state index is 0.0707. The van der Waals surface area contributed by atoms with Gasteiger partial charge >= 0.3 is 0 Å². The summed E-state index contributed by atoms with van der Waals surface area (Å²) in [6.45, 7) is 4.03. The number of fused-ring (bicyclic) bond motifs is 3. The van der Waals surface area contributed by atoms with Crippen LogP contribution in [0, 0.1) is 29.9 Å². The first kappa shape index (κ1) is 16.3. The van der Waals surface area contributed by atoms with E-state index < -0.39 is 0 Å². The first-order valence-electron chi connectivity index (χ1n) is 8.44. The minimum Gasteiger partial charge on any atom is -0.372 e. The second-order valence-electron chi connectivity index (χ2n) is 6.91. The van der Waals surface area contributed by atoms with E-state index in [0.29, 0.717) is 11.6 Å². The van der Waals surface area contributed by atoms with Crippen LogP contribution in [0.5, 0.6) is 0 Å². The first-order chi connectivity index (χ1) is 12.0. The molecule has 0 aromatic heterocycles. The Bertz CT molecular complexity index is 890. The summed E-state index contributed by atoms with van der Waals surface area (Å²) in [7, 11) is 0. The molecule has 0 bridgehead atoms. The number of hydrogen-bond donors (Lipinski definition) is 1. The number of allylic oxidation sites excluding steroid dienone is 2. The summed E-state index contributed by atoms with van der Waals surface area (Å²) in [5, 5.41) is 15.2. The van der Waals surface area contributed by atoms with E-state index in [1.54, 1.807) is 6.07 Å². The van der Waals surface area contributed by atoms with Crippen molar-refractivity contribution in [1.29, 1.82) is 0 Å². The summed E-state index contributed by atoms with van der Waals surface area (Å²) < 4.78 is 1.03. The highest BCUT2D eigenvalue weighted by atomic mass is 79.9. The molecule has 2 aromatic carbocycles. The lowest BCUT2D eigenvalue weighted by Gasteiger charge is -2.38. The molecule has 5 heteroatoms. The maximum Gasteiger partial charge on any atom is 0.292 e. The third-order valence-electron chi connectivity index (χ3n) is 5.57. The molecule has 128 valence electrons. The normalized spacial score (nSPS) is 23.7. The SMILES string of the molecule is Cc1cc([N+](=O)[O-])c2c(c1C)[C@@H]1C=CC[C@H]1[C@@H](c1ccc(Br)cc1)N2. The largest absolute Gasteiger partial charge is 0.372 e. The fourth-order valence-electron chi connectivity index (χ4n) is 4.22. The van der Waals surface area contributed by atoms with Crippen molar-refractivity contribution in [3.63, 3.8) is 0 Å². The third-order valence-corrected chi connectivity index (χ3v) is 6.10. The molecule has 2 aliphatic rings. The van der Waals surface area contributed by atoms with Crippen molar-refractivity contribution in [2.45, 2.75) is 32.2 Å². The fourth-order valence-corrected chi connectivity index (χ4v) is 4.49. The Morgan fingerprint density at radius 2 is 1.96 bits per heavy atom. The Balaban J connectivity index is 1.90. The maximum atomic E-state index is 11.7. The molecule has 0 radical (unpaired) electrons. The molecule has 4 rings (SSSR count). The van der Waals surface area contributed by atoms with E-state index >= 15 is 0 Å². The van der Waals surface area contributed by atoms with Gasteiger partial charge in [-0.15, -0.1) is 0 Å². The van der Waals surface area contributed by atoms with Crippen LogP contribution in [0.25, 0.3) is 0 Å². The van der Waals surface area contributed by atoms with Crippen molar-refractivity contribution < 1.29 is 4.92 Å². The highest BCUT2D eigenvalue weighted by Gasteiger charge is 2.41. The lowest BCUT2D eigenvalue weighted by molar-refractivity contribution is -0.384. The van der Waals surface area contributed by atoms with Crippen LogP contribution in [-0.4, -0.2) is 4.92 Å². The number of nitro groups is 1. The molecule has 25 heavy (non-hydrogen) atoms. The summed E-state index contributed by atoms with van der Waals surface area (Å²) in [6, 6.07) is 10.0. The topological polar surface area (TPSA) is 55.2 Å². The van der Waals surface area contributed by atoms with Gasteiger partial charge in [0.15, 0.2) is 0 Å². The van der Waals surface area contributed by atoms with E-state index in [9.17, 15) is 10.1 Å². The van der Waals surface area contributed by atoms with Gasteiger partial charge in [-0.1, -0.05) is 40.2 Å². The summed E-state index contributed by atoms with van der Waals surface area (Å²) in [5.74, 6) is 0.609. The monoisotopic (exact) mass is 398 g/mol. The summed E-state index contributed by atoms with van der Waals surface area (Å²) in [5.41, 5.74) is 5.27. The van der Waals surface area contributed by atoms with Gasteiger partial charge in [-0.25, -0.2) is 0 Å². The van der Waals surface area contributed by atoms with Crippen LogP contribution in [0.4, 0.5) is 11.4 Å². The van der Waals surface area contributed by atoms with E-state index in [-0.39, 0.29) is 22.6 Å². The first-order valence-corrected chi connectivity index (χ1v) is 9.24. The van der Waals surface area contributed by atoms with Crippen molar-refractivity contribution >= 4 is 27.3 Å². The lowest BCUT2D eigenvalue weighted by atomic mass is 9.74. The molecule has 1 aliphatic heterocycles. The van der Waals surface area contributed by atoms with Crippen LogP contribution in [0.3, 0.4) is 0 Å². The van der Waals surface area contributed by atoms with Crippen LogP contribution in [-0.2, 0) is 0 Å². The number of benzene rings is 2. The second-order valence-corrected chi connectivity index (χ2v) is 7.83. The summed E-state index contributed by atoms with van der Waals surface area (Å²) >= 11 is 3.48. The molecule has 2 aromatic rings. The zero-order chi connectivity index (χ0) is 17.7. The van der Waals surface area contributed by atoms with E-state index in [2.05, 4.69) is 52.5 Å². The van der Waals surface area contributed by atoms with Crippen molar-refractivity contribution in [2.75, 3.05) is 5.32 Å². The average Bonchev–Trinajstić information content (AvgIpc) is 3.07. The highest BCUT2D eigenvalue weighted by Crippen LogP contribution is 2.53. The van der Waals surface area contributed by atoms with Gasteiger partial charge in [0, 0.05) is 16.5 Å². The van der Waals surface area contributed by atoms with Gasteiger partial charge in [-0.2, -0.15) is 0 Å². The molecule has 1 N–H and O–H groups in total.